The largest absolute Gasteiger partial charge is 0.497 e. The standard InChI is InChI=1S/C29H35N5O6/c1-40-19-4-5-20-17(12-19)14-22(32-20)28(39)34-11-9-29(7-8-29)15-23(34)26(37)33-21(13-16-6-10-30-25(16)36)24(35)27(38)31-18-2-3-18/h4-5,12,14,16,18,21,23,32H,2-3,6-11,13,15H2,1H3,(H,30,36)(H,31,38)(H,33,37). The second-order valence-corrected chi connectivity index (χ2v) is 11.8. The van der Waals surface area contributed by atoms with E-state index in [-0.39, 0.29) is 29.7 Å². The maximum Gasteiger partial charge on any atom is 0.289 e. The number of aromatic amines is 1. The molecular formula is C29H35N5O6. The highest BCUT2D eigenvalue weighted by Crippen LogP contribution is 2.55. The molecule has 4 amide bonds. The summed E-state index contributed by atoms with van der Waals surface area (Å²) in [6.07, 6.45) is 5.53. The Kier molecular flexibility index (Phi) is 6.75. The van der Waals surface area contributed by atoms with Crippen molar-refractivity contribution in [1.29, 1.82) is 0 Å². The molecule has 4 N–H and O–H groups in total. The van der Waals surface area contributed by atoms with E-state index in [0.29, 0.717) is 37.4 Å². The van der Waals surface area contributed by atoms with E-state index in [9.17, 15) is 24.0 Å². The van der Waals surface area contributed by atoms with Crippen LogP contribution in [0.4, 0.5) is 0 Å². The molecule has 2 aromatic rings. The maximum atomic E-state index is 13.8. The highest BCUT2D eigenvalue weighted by molar-refractivity contribution is 6.38. The molecule has 11 nitrogen and oxygen atoms in total. The predicted octanol–water partition coefficient (Wildman–Crippen LogP) is 1.42. The smallest absolute Gasteiger partial charge is 0.289 e. The fourth-order valence-corrected chi connectivity index (χ4v) is 6.05. The molecule has 212 valence electrons. The van der Waals surface area contributed by atoms with Crippen LogP contribution in [-0.2, 0) is 19.2 Å². The van der Waals surface area contributed by atoms with Gasteiger partial charge in [0, 0.05) is 36.0 Å². The van der Waals surface area contributed by atoms with Gasteiger partial charge in [0.2, 0.25) is 17.6 Å². The number of carbonyl (C=O) groups is 5. The number of ketones is 1. The number of rotatable bonds is 9. The van der Waals surface area contributed by atoms with E-state index in [1.165, 1.54) is 0 Å². The Morgan fingerprint density at radius 1 is 1.12 bits per heavy atom. The number of carbonyl (C=O) groups excluding carboxylic acids is 5. The number of fused-ring (bicyclic) bond motifs is 1. The lowest BCUT2D eigenvalue weighted by molar-refractivity contribution is -0.141. The molecule has 0 radical (unpaired) electrons. The van der Waals surface area contributed by atoms with E-state index in [4.69, 9.17) is 4.74 Å². The first kappa shape index (κ1) is 26.3. The lowest BCUT2D eigenvalue weighted by Crippen LogP contribution is -2.58. The second-order valence-electron chi connectivity index (χ2n) is 11.8. The number of Topliss-reactive ketones (excluding diaryl/α,β-unsaturated/α-hetero) is 1. The SMILES string of the molecule is COc1ccc2[nH]c(C(=O)N3CCC4(CC4)CC3C(=O)NC(CC3CCNC3=O)C(=O)C(=O)NC3CC3)cc2c1. The van der Waals surface area contributed by atoms with Crippen LogP contribution in [0.3, 0.4) is 0 Å². The molecule has 3 unspecified atom stereocenters. The first-order valence-electron chi connectivity index (χ1n) is 14.2. The van der Waals surface area contributed by atoms with E-state index in [1.54, 1.807) is 18.1 Å². The lowest BCUT2D eigenvalue weighted by atomic mass is 9.86. The minimum Gasteiger partial charge on any atom is -0.497 e. The van der Waals surface area contributed by atoms with Crippen molar-refractivity contribution < 1.29 is 28.7 Å². The molecule has 3 heterocycles. The summed E-state index contributed by atoms with van der Waals surface area (Å²) in [6.45, 7) is 0.915. The number of nitrogens with one attached hydrogen (secondary N) is 4. The Morgan fingerprint density at radius 2 is 1.93 bits per heavy atom. The second kappa shape index (κ2) is 10.3. The van der Waals surface area contributed by atoms with E-state index in [2.05, 4.69) is 20.9 Å². The molecule has 4 aliphatic rings. The Labute approximate surface area is 231 Å². The summed E-state index contributed by atoms with van der Waals surface area (Å²) in [7, 11) is 1.58. The van der Waals surface area contributed by atoms with Gasteiger partial charge in [-0.3, -0.25) is 24.0 Å². The van der Waals surface area contributed by atoms with Gasteiger partial charge in [0.15, 0.2) is 0 Å². The molecule has 11 heteroatoms. The normalized spacial score (nSPS) is 23.9. The predicted molar refractivity (Wildman–Crippen MR) is 144 cm³/mol. The molecule has 2 saturated carbocycles. The van der Waals surface area contributed by atoms with Gasteiger partial charge in [-0.1, -0.05) is 0 Å². The number of H-pyrrole nitrogens is 1. The van der Waals surface area contributed by atoms with Gasteiger partial charge in [-0.05, 0) is 81.0 Å². The summed E-state index contributed by atoms with van der Waals surface area (Å²) < 4.78 is 5.30. The summed E-state index contributed by atoms with van der Waals surface area (Å²) in [5.41, 5.74) is 1.18. The third-order valence-electron chi connectivity index (χ3n) is 8.92. The summed E-state index contributed by atoms with van der Waals surface area (Å²) in [5.74, 6) is -2.23. The van der Waals surface area contributed by atoms with Crippen molar-refractivity contribution in [2.75, 3.05) is 20.2 Å². The van der Waals surface area contributed by atoms with Gasteiger partial charge in [-0.25, -0.2) is 0 Å². The van der Waals surface area contributed by atoms with Crippen LogP contribution < -0.4 is 20.7 Å². The Bertz CT molecular complexity index is 1380. The van der Waals surface area contributed by atoms with Gasteiger partial charge in [-0.15, -0.1) is 0 Å². The Morgan fingerprint density at radius 3 is 2.60 bits per heavy atom. The minimum absolute atomic E-state index is 0.0139. The molecule has 2 aliphatic heterocycles. The number of amides is 4. The highest BCUT2D eigenvalue weighted by atomic mass is 16.5. The summed E-state index contributed by atoms with van der Waals surface area (Å²) >= 11 is 0. The number of methoxy groups -OCH3 is 1. The summed E-state index contributed by atoms with van der Waals surface area (Å²) in [5, 5.41) is 9.07. The van der Waals surface area contributed by atoms with Crippen LogP contribution in [0.15, 0.2) is 24.3 Å². The van der Waals surface area contributed by atoms with Crippen molar-refractivity contribution in [3.8, 4) is 5.75 Å². The Hall–Kier alpha value is -3.89. The third-order valence-corrected chi connectivity index (χ3v) is 8.92. The number of aromatic nitrogens is 1. The van der Waals surface area contributed by atoms with Gasteiger partial charge in [0.05, 0.1) is 13.2 Å². The van der Waals surface area contributed by atoms with Crippen LogP contribution in [0.2, 0.25) is 0 Å². The summed E-state index contributed by atoms with van der Waals surface area (Å²) in [4.78, 5) is 70.4. The zero-order valence-electron chi connectivity index (χ0n) is 22.6. The number of nitrogens with zero attached hydrogens (tertiary/aromatic N) is 1. The van der Waals surface area contributed by atoms with Crippen LogP contribution >= 0.6 is 0 Å². The number of hydrogen-bond acceptors (Lipinski definition) is 6. The van der Waals surface area contributed by atoms with E-state index < -0.39 is 35.6 Å². The number of piperidine rings is 1. The molecular weight excluding hydrogens is 514 g/mol. The molecule has 1 aromatic heterocycles. The Balaban J connectivity index is 1.23. The number of benzene rings is 1. The fraction of sp³-hybridized carbons (Fsp3) is 0.552. The zero-order valence-corrected chi connectivity index (χ0v) is 22.6. The molecule has 1 aromatic carbocycles. The lowest BCUT2D eigenvalue weighted by Gasteiger charge is -2.39. The molecule has 40 heavy (non-hydrogen) atoms. The average Bonchev–Trinajstić information content (AvgIpc) is 3.84. The van der Waals surface area contributed by atoms with Crippen molar-refractivity contribution in [1.82, 2.24) is 25.8 Å². The van der Waals surface area contributed by atoms with Gasteiger partial charge >= 0.3 is 0 Å². The van der Waals surface area contributed by atoms with Crippen molar-refractivity contribution in [3.05, 3.63) is 30.0 Å². The van der Waals surface area contributed by atoms with E-state index in [0.717, 1.165) is 43.0 Å². The molecule has 2 aliphatic carbocycles. The number of ether oxygens (including phenoxy) is 1. The van der Waals surface area contributed by atoms with Crippen LogP contribution in [0.25, 0.3) is 10.9 Å². The molecule has 3 atom stereocenters. The van der Waals surface area contributed by atoms with Crippen molar-refractivity contribution in [3.63, 3.8) is 0 Å². The monoisotopic (exact) mass is 549 g/mol. The van der Waals surface area contributed by atoms with Gasteiger partial charge in [-0.2, -0.15) is 0 Å². The number of likely N-dealkylation sites (tertiary alicyclic amines) is 1. The highest BCUT2D eigenvalue weighted by Gasteiger charge is 2.51. The molecule has 2 saturated heterocycles. The van der Waals surface area contributed by atoms with Crippen molar-refractivity contribution in [2.45, 2.75) is 69.5 Å². The third kappa shape index (κ3) is 5.29. The minimum atomic E-state index is -1.14. The van der Waals surface area contributed by atoms with Gasteiger partial charge in [0.25, 0.3) is 11.8 Å². The molecule has 6 rings (SSSR count). The zero-order chi connectivity index (χ0) is 28.0. The number of hydrogen-bond donors (Lipinski definition) is 4. The van der Waals surface area contributed by atoms with E-state index in [1.807, 2.05) is 18.2 Å². The van der Waals surface area contributed by atoms with Crippen LogP contribution in [0, 0.1) is 11.3 Å². The fourth-order valence-electron chi connectivity index (χ4n) is 6.05. The summed E-state index contributed by atoms with van der Waals surface area (Å²) in [6, 6.07) is 5.29. The van der Waals surface area contributed by atoms with Gasteiger partial charge < -0.3 is 30.6 Å². The average molecular weight is 550 g/mol. The molecule has 4 fully saturated rings. The van der Waals surface area contributed by atoms with Crippen molar-refractivity contribution in [2.24, 2.45) is 11.3 Å². The van der Waals surface area contributed by atoms with Crippen LogP contribution in [-0.4, -0.2) is 77.6 Å². The maximum absolute atomic E-state index is 13.8. The van der Waals surface area contributed by atoms with Crippen LogP contribution in [0.5, 0.6) is 5.75 Å². The topological polar surface area (TPSA) is 150 Å². The molecule has 0 bridgehead atoms. The first-order chi connectivity index (χ1) is 19.2. The van der Waals surface area contributed by atoms with Crippen molar-refractivity contribution >= 4 is 40.3 Å². The first-order valence-corrected chi connectivity index (χ1v) is 14.2. The van der Waals surface area contributed by atoms with E-state index >= 15 is 0 Å². The van der Waals surface area contributed by atoms with Gasteiger partial charge in [0.1, 0.15) is 17.5 Å². The molecule has 1 spiro atoms. The van der Waals surface area contributed by atoms with Crippen LogP contribution in [0.1, 0.15) is 61.9 Å². The quantitative estimate of drug-likeness (QED) is 0.348.